The second kappa shape index (κ2) is 13.9. The number of thiazole rings is 2. The largest absolute Gasteiger partial charge is 0.486 e. The molecule has 0 spiro atoms. The van der Waals surface area contributed by atoms with Crippen LogP contribution in [0.25, 0.3) is 22.5 Å². The van der Waals surface area contributed by atoms with E-state index in [-0.39, 0.29) is 6.42 Å². The van der Waals surface area contributed by atoms with Crippen LogP contribution in [-0.4, -0.2) is 21.0 Å². The van der Waals surface area contributed by atoms with E-state index in [1.807, 2.05) is 120 Å². The molecule has 0 atom stereocenters. The number of carboxylic acids is 1. The van der Waals surface area contributed by atoms with Gasteiger partial charge in [-0.25, -0.2) is 9.97 Å². The number of rotatable bonds is 13. The van der Waals surface area contributed by atoms with Gasteiger partial charge in [-0.05, 0) is 41.8 Å². The lowest BCUT2D eigenvalue weighted by Gasteiger charge is -2.31. The standard InChI is InChI=1S/C37H32N2O4S2/c1-37(21-20-36(40)41,28-12-16-30(17-13-28)42-22-34-38-32(24-44-34)26-8-4-2-5-9-26)29-14-18-31(19-15-29)43-23-35-39-33(25-45-35)27-10-6-3-7-11-27/h2-19,24-25H,20-23H2,1H3,(H,40,41). The summed E-state index contributed by atoms with van der Waals surface area (Å²) >= 11 is 3.15. The van der Waals surface area contributed by atoms with E-state index in [1.54, 1.807) is 22.7 Å². The van der Waals surface area contributed by atoms with Gasteiger partial charge in [-0.2, -0.15) is 0 Å². The van der Waals surface area contributed by atoms with Crippen molar-refractivity contribution in [3.8, 4) is 34.0 Å². The Morgan fingerprint density at radius 1 is 0.667 bits per heavy atom. The number of aliphatic carboxylic acids is 1. The second-order valence-corrected chi connectivity index (χ2v) is 12.7. The van der Waals surface area contributed by atoms with Crippen molar-refractivity contribution in [1.29, 1.82) is 0 Å². The van der Waals surface area contributed by atoms with Gasteiger partial charge in [0.1, 0.15) is 34.7 Å². The number of hydrogen-bond donors (Lipinski definition) is 1. The Bertz CT molecular complexity index is 1710. The molecule has 6 aromatic rings. The first kappa shape index (κ1) is 30.2. The zero-order valence-corrected chi connectivity index (χ0v) is 26.4. The number of aromatic nitrogens is 2. The van der Waals surface area contributed by atoms with Gasteiger partial charge in [0.2, 0.25) is 0 Å². The molecule has 8 heteroatoms. The molecule has 6 nitrogen and oxygen atoms in total. The van der Waals surface area contributed by atoms with Gasteiger partial charge in [0.15, 0.2) is 0 Å². The Hall–Kier alpha value is -4.79. The normalized spacial score (nSPS) is 11.3. The smallest absolute Gasteiger partial charge is 0.303 e. The summed E-state index contributed by atoms with van der Waals surface area (Å²) in [6.45, 7) is 2.84. The zero-order valence-electron chi connectivity index (χ0n) is 24.8. The topological polar surface area (TPSA) is 81.5 Å². The maximum atomic E-state index is 11.6. The molecule has 45 heavy (non-hydrogen) atoms. The molecule has 0 saturated carbocycles. The lowest BCUT2D eigenvalue weighted by atomic mass is 9.73. The van der Waals surface area contributed by atoms with E-state index in [0.29, 0.717) is 19.6 Å². The third-order valence-electron chi connectivity index (χ3n) is 7.79. The van der Waals surface area contributed by atoms with Gasteiger partial charge in [-0.15, -0.1) is 22.7 Å². The van der Waals surface area contributed by atoms with E-state index in [2.05, 4.69) is 6.92 Å². The van der Waals surface area contributed by atoms with Crippen LogP contribution in [0.5, 0.6) is 11.5 Å². The van der Waals surface area contributed by atoms with Crippen LogP contribution in [0.15, 0.2) is 120 Å². The molecule has 6 rings (SSSR count). The summed E-state index contributed by atoms with van der Waals surface area (Å²) in [7, 11) is 0. The fraction of sp³-hybridized carbons (Fsp3) is 0.162. The summed E-state index contributed by atoms with van der Waals surface area (Å²) in [6, 6.07) is 36.0. The van der Waals surface area contributed by atoms with Crippen LogP contribution in [0, 0.1) is 0 Å². The lowest BCUT2D eigenvalue weighted by molar-refractivity contribution is -0.137. The van der Waals surface area contributed by atoms with Gasteiger partial charge in [-0.1, -0.05) is 91.9 Å². The molecule has 0 saturated heterocycles. The van der Waals surface area contributed by atoms with Crippen LogP contribution >= 0.6 is 22.7 Å². The van der Waals surface area contributed by atoms with E-state index < -0.39 is 11.4 Å². The molecule has 0 aliphatic rings. The molecule has 2 aromatic heterocycles. The van der Waals surface area contributed by atoms with E-state index in [9.17, 15) is 9.90 Å². The molecule has 2 heterocycles. The zero-order chi connectivity index (χ0) is 31.1. The van der Waals surface area contributed by atoms with Gasteiger partial charge < -0.3 is 14.6 Å². The predicted molar refractivity (Wildman–Crippen MR) is 180 cm³/mol. The summed E-state index contributed by atoms with van der Waals surface area (Å²) in [5.41, 5.74) is 5.57. The van der Waals surface area contributed by atoms with Crippen molar-refractivity contribution < 1.29 is 19.4 Å². The van der Waals surface area contributed by atoms with Crippen LogP contribution in [0.2, 0.25) is 0 Å². The highest BCUT2D eigenvalue weighted by molar-refractivity contribution is 7.10. The third-order valence-corrected chi connectivity index (χ3v) is 9.43. The molecule has 4 aromatic carbocycles. The summed E-state index contributed by atoms with van der Waals surface area (Å²) in [4.78, 5) is 21.0. The van der Waals surface area contributed by atoms with Crippen LogP contribution in [0.1, 0.15) is 40.9 Å². The highest BCUT2D eigenvalue weighted by atomic mass is 32.1. The Morgan fingerprint density at radius 2 is 1.09 bits per heavy atom. The first-order chi connectivity index (χ1) is 22.0. The number of nitrogens with zero attached hydrogens (tertiary/aromatic N) is 2. The first-order valence-corrected chi connectivity index (χ1v) is 16.4. The summed E-state index contributed by atoms with van der Waals surface area (Å²) in [6.07, 6.45) is 0.500. The number of carboxylic acid groups (broad SMARTS) is 1. The maximum absolute atomic E-state index is 11.6. The summed E-state index contributed by atoms with van der Waals surface area (Å²) in [5.74, 6) is 0.645. The molecule has 0 radical (unpaired) electrons. The Morgan fingerprint density at radius 3 is 1.49 bits per heavy atom. The predicted octanol–water partition coefficient (Wildman–Crippen LogP) is 9.26. The van der Waals surface area contributed by atoms with Crippen molar-refractivity contribution in [1.82, 2.24) is 9.97 Å². The molecule has 1 N–H and O–H groups in total. The fourth-order valence-electron chi connectivity index (χ4n) is 5.18. The average Bonchev–Trinajstić information content (AvgIpc) is 3.77. The minimum atomic E-state index is -0.822. The summed E-state index contributed by atoms with van der Waals surface area (Å²) in [5, 5.41) is 15.4. The molecular formula is C37H32N2O4S2. The molecule has 0 bridgehead atoms. The number of benzene rings is 4. The summed E-state index contributed by atoms with van der Waals surface area (Å²) < 4.78 is 12.1. The molecule has 0 unspecified atom stereocenters. The number of hydrogen-bond acceptors (Lipinski definition) is 7. The fourth-order valence-corrected chi connectivity index (χ4v) is 6.61. The maximum Gasteiger partial charge on any atom is 0.303 e. The molecular weight excluding hydrogens is 601 g/mol. The van der Waals surface area contributed by atoms with E-state index in [0.717, 1.165) is 55.2 Å². The van der Waals surface area contributed by atoms with Crippen LogP contribution in [-0.2, 0) is 23.4 Å². The molecule has 0 amide bonds. The van der Waals surface area contributed by atoms with Crippen LogP contribution in [0.4, 0.5) is 0 Å². The molecule has 0 aliphatic heterocycles. The van der Waals surface area contributed by atoms with Gasteiger partial charge in [0.05, 0.1) is 11.4 Å². The minimum absolute atomic E-state index is 0.0502. The Labute approximate surface area is 270 Å². The quantitative estimate of drug-likeness (QED) is 0.137. The van der Waals surface area contributed by atoms with Crippen LogP contribution in [0.3, 0.4) is 0 Å². The Balaban J connectivity index is 1.11. The van der Waals surface area contributed by atoms with Crippen molar-refractivity contribution in [3.05, 3.63) is 141 Å². The highest BCUT2D eigenvalue weighted by Gasteiger charge is 2.30. The number of ether oxygens (including phenoxy) is 2. The second-order valence-electron chi connectivity index (χ2n) is 10.8. The third kappa shape index (κ3) is 7.48. The van der Waals surface area contributed by atoms with Gasteiger partial charge in [-0.3, -0.25) is 4.79 Å². The van der Waals surface area contributed by atoms with Crippen molar-refractivity contribution in [3.63, 3.8) is 0 Å². The molecule has 0 aliphatic carbocycles. The monoisotopic (exact) mass is 632 g/mol. The van der Waals surface area contributed by atoms with Gasteiger partial charge in [0, 0.05) is 33.7 Å². The van der Waals surface area contributed by atoms with Crippen molar-refractivity contribution >= 4 is 28.6 Å². The van der Waals surface area contributed by atoms with Crippen molar-refractivity contribution in [2.45, 2.75) is 38.4 Å². The van der Waals surface area contributed by atoms with Crippen molar-refractivity contribution in [2.75, 3.05) is 0 Å². The minimum Gasteiger partial charge on any atom is -0.486 e. The highest BCUT2D eigenvalue weighted by Crippen LogP contribution is 2.38. The van der Waals surface area contributed by atoms with Gasteiger partial charge >= 0.3 is 5.97 Å². The van der Waals surface area contributed by atoms with Crippen molar-refractivity contribution in [2.24, 2.45) is 0 Å². The molecule has 0 fully saturated rings. The molecule has 226 valence electrons. The lowest BCUT2D eigenvalue weighted by Crippen LogP contribution is -2.25. The van der Waals surface area contributed by atoms with Crippen LogP contribution < -0.4 is 9.47 Å². The van der Waals surface area contributed by atoms with Gasteiger partial charge in [0.25, 0.3) is 0 Å². The Kier molecular flexibility index (Phi) is 9.33. The first-order valence-electron chi connectivity index (χ1n) is 14.6. The SMILES string of the molecule is CC(CCC(=O)O)(c1ccc(OCc2nc(-c3ccccc3)cs2)cc1)c1ccc(OCc2nc(-c3ccccc3)cs2)cc1. The number of carbonyl (C=O) groups is 1. The van der Waals surface area contributed by atoms with E-state index in [4.69, 9.17) is 19.4 Å². The van der Waals surface area contributed by atoms with E-state index in [1.165, 1.54) is 0 Å². The average molecular weight is 633 g/mol. The van der Waals surface area contributed by atoms with E-state index >= 15 is 0 Å².